The highest BCUT2D eigenvalue weighted by atomic mass is 19.1. The zero-order valence-corrected chi connectivity index (χ0v) is 18.3. The van der Waals surface area contributed by atoms with Crippen LogP contribution in [-0.4, -0.2) is 68.2 Å². The maximum absolute atomic E-state index is 14.8. The molecule has 0 radical (unpaired) electrons. The molecule has 11 nitrogen and oxygen atoms in total. The number of urea groups is 1. The average molecular weight is 449 g/mol. The molecule has 2 heterocycles. The SMILES string of the molecule is CCN(CCNN(C)C(=O)Nc1cc(C)on1)c1ccc(N2C[C@H](CN)OC2=O)cc1F. The molecule has 12 heteroatoms. The Balaban J connectivity index is 1.55. The van der Waals surface area contributed by atoms with Crippen LogP contribution in [-0.2, 0) is 4.74 Å². The Bertz CT molecular complexity index is 954. The Morgan fingerprint density at radius 3 is 2.78 bits per heavy atom. The molecular weight excluding hydrogens is 421 g/mol. The lowest BCUT2D eigenvalue weighted by Gasteiger charge is -2.26. The Hall–Kier alpha value is -3.38. The summed E-state index contributed by atoms with van der Waals surface area (Å²) in [7, 11) is 1.57. The Morgan fingerprint density at radius 1 is 1.41 bits per heavy atom. The maximum Gasteiger partial charge on any atom is 0.414 e. The lowest BCUT2D eigenvalue weighted by molar-refractivity contribution is 0.145. The molecule has 3 rings (SSSR count). The molecule has 1 aromatic carbocycles. The van der Waals surface area contributed by atoms with Gasteiger partial charge in [-0.2, -0.15) is 0 Å². The third-order valence-corrected chi connectivity index (χ3v) is 5.00. The number of carbonyl (C=O) groups excluding carboxylic acids is 2. The summed E-state index contributed by atoms with van der Waals surface area (Å²) in [6.45, 7) is 5.50. The van der Waals surface area contributed by atoms with Gasteiger partial charge in [-0.05, 0) is 32.0 Å². The number of hydrogen-bond donors (Lipinski definition) is 3. The summed E-state index contributed by atoms with van der Waals surface area (Å²) in [5.74, 6) is 0.447. The van der Waals surface area contributed by atoms with Gasteiger partial charge in [-0.25, -0.2) is 19.4 Å². The first kappa shape index (κ1) is 23.3. The minimum Gasteiger partial charge on any atom is -0.443 e. The van der Waals surface area contributed by atoms with Crippen LogP contribution in [0.3, 0.4) is 0 Å². The van der Waals surface area contributed by atoms with Crippen molar-refractivity contribution in [3.63, 3.8) is 0 Å². The van der Waals surface area contributed by atoms with Crippen molar-refractivity contribution in [1.82, 2.24) is 15.6 Å². The number of nitrogens with two attached hydrogens (primary N) is 1. The summed E-state index contributed by atoms with van der Waals surface area (Å²) in [4.78, 5) is 27.3. The van der Waals surface area contributed by atoms with E-state index in [0.717, 1.165) is 0 Å². The maximum atomic E-state index is 14.8. The monoisotopic (exact) mass is 449 g/mol. The Kier molecular flexibility index (Phi) is 7.49. The fraction of sp³-hybridized carbons (Fsp3) is 0.450. The molecule has 0 saturated carbocycles. The minimum atomic E-state index is -0.536. The minimum absolute atomic E-state index is 0.212. The first-order valence-corrected chi connectivity index (χ1v) is 10.3. The van der Waals surface area contributed by atoms with Crippen molar-refractivity contribution in [3.8, 4) is 0 Å². The highest BCUT2D eigenvalue weighted by Gasteiger charge is 2.31. The van der Waals surface area contributed by atoms with E-state index in [1.165, 1.54) is 16.0 Å². The number of benzene rings is 1. The number of hydrogen-bond acceptors (Lipinski definition) is 8. The molecule has 1 aliphatic rings. The number of rotatable bonds is 9. The molecule has 3 amide bonds. The topological polar surface area (TPSA) is 129 Å². The first-order valence-electron chi connectivity index (χ1n) is 10.3. The summed E-state index contributed by atoms with van der Waals surface area (Å²) < 4.78 is 24.9. The van der Waals surface area contributed by atoms with Crippen LogP contribution in [0.2, 0.25) is 0 Å². The third kappa shape index (κ3) is 5.45. The number of ether oxygens (including phenoxy) is 1. The molecule has 0 spiro atoms. The second kappa shape index (κ2) is 10.3. The van der Waals surface area contributed by atoms with Crippen LogP contribution >= 0.6 is 0 Å². The number of aryl methyl sites for hydroxylation is 1. The number of amides is 3. The number of cyclic esters (lactones) is 1. The fourth-order valence-electron chi connectivity index (χ4n) is 3.27. The van der Waals surface area contributed by atoms with Gasteiger partial charge in [0.2, 0.25) is 0 Å². The van der Waals surface area contributed by atoms with Crippen molar-refractivity contribution >= 4 is 29.3 Å². The van der Waals surface area contributed by atoms with Crippen molar-refractivity contribution in [2.24, 2.45) is 5.73 Å². The first-order chi connectivity index (χ1) is 15.3. The van der Waals surface area contributed by atoms with Crippen molar-refractivity contribution < 1.29 is 23.2 Å². The molecule has 1 fully saturated rings. The second-order valence-corrected chi connectivity index (χ2v) is 7.29. The molecule has 1 aromatic heterocycles. The predicted octanol–water partition coefficient (Wildman–Crippen LogP) is 1.90. The van der Waals surface area contributed by atoms with E-state index >= 15 is 0 Å². The molecule has 1 aliphatic heterocycles. The standard InChI is InChI=1S/C20H28FN7O4/c1-4-27(8-7-23-26(3)19(29)24-18-9-13(2)32-25-18)17-6-5-14(10-16(17)21)28-12-15(11-22)31-20(28)30/h5-6,9-10,15,23H,4,7-8,11-12,22H2,1-3H3,(H,24,25,29)/t15-/m0/s1. The van der Waals surface area contributed by atoms with Crippen molar-refractivity contribution in [3.05, 3.63) is 35.8 Å². The summed E-state index contributed by atoms with van der Waals surface area (Å²) in [5, 5.41) is 7.59. The molecule has 4 N–H and O–H groups in total. The number of nitrogens with zero attached hydrogens (tertiary/aromatic N) is 4. The van der Waals surface area contributed by atoms with E-state index in [2.05, 4.69) is 15.9 Å². The molecule has 174 valence electrons. The van der Waals surface area contributed by atoms with E-state index in [9.17, 15) is 14.0 Å². The molecule has 32 heavy (non-hydrogen) atoms. The van der Waals surface area contributed by atoms with Crippen molar-refractivity contribution in [2.45, 2.75) is 20.0 Å². The predicted molar refractivity (Wildman–Crippen MR) is 117 cm³/mol. The summed E-state index contributed by atoms with van der Waals surface area (Å²) in [6, 6.07) is 5.81. The van der Waals surface area contributed by atoms with Crippen LogP contribution in [0.4, 0.5) is 31.2 Å². The van der Waals surface area contributed by atoms with Gasteiger partial charge in [0.1, 0.15) is 17.7 Å². The van der Waals surface area contributed by atoms with Crippen molar-refractivity contribution in [1.29, 1.82) is 0 Å². The normalized spacial score (nSPS) is 15.6. The highest BCUT2D eigenvalue weighted by Crippen LogP contribution is 2.27. The number of likely N-dealkylation sites (N-methyl/N-ethyl adjacent to an activating group) is 1. The van der Waals surface area contributed by atoms with Gasteiger partial charge in [0, 0.05) is 39.3 Å². The number of halogens is 1. The van der Waals surface area contributed by atoms with Crippen LogP contribution in [0.1, 0.15) is 12.7 Å². The summed E-state index contributed by atoms with van der Waals surface area (Å²) in [5.41, 5.74) is 9.31. The third-order valence-electron chi connectivity index (χ3n) is 5.00. The van der Waals surface area contributed by atoms with Gasteiger partial charge < -0.3 is 19.9 Å². The second-order valence-electron chi connectivity index (χ2n) is 7.29. The lowest BCUT2D eigenvalue weighted by atomic mass is 10.2. The molecular formula is C20H28FN7O4. The number of anilines is 3. The smallest absolute Gasteiger partial charge is 0.414 e. The summed E-state index contributed by atoms with van der Waals surface area (Å²) in [6.07, 6.45) is -0.933. The Labute approximate surface area is 185 Å². The summed E-state index contributed by atoms with van der Waals surface area (Å²) >= 11 is 0. The van der Waals surface area contributed by atoms with Gasteiger partial charge in [-0.15, -0.1) is 0 Å². The van der Waals surface area contributed by atoms with Gasteiger partial charge in [0.05, 0.1) is 17.9 Å². The van der Waals surface area contributed by atoms with E-state index < -0.39 is 24.0 Å². The molecule has 0 bridgehead atoms. The Morgan fingerprint density at radius 2 is 2.19 bits per heavy atom. The van der Waals surface area contributed by atoms with Crippen LogP contribution in [0.5, 0.6) is 0 Å². The highest BCUT2D eigenvalue weighted by molar-refractivity contribution is 5.90. The van der Waals surface area contributed by atoms with E-state index in [-0.39, 0.29) is 13.1 Å². The molecule has 2 aromatic rings. The average Bonchev–Trinajstić information content (AvgIpc) is 3.36. The van der Waals surface area contributed by atoms with Crippen LogP contribution < -0.4 is 26.3 Å². The largest absolute Gasteiger partial charge is 0.443 e. The van der Waals surface area contributed by atoms with Crippen molar-refractivity contribution in [2.75, 3.05) is 54.9 Å². The van der Waals surface area contributed by atoms with Gasteiger partial charge in [-0.1, -0.05) is 5.16 Å². The van der Waals surface area contributed by atoms with E-state index in [4.69, 9.17) is 15.0 Å². The number of hydrazine groups is 1. The molecule has 0 aliphatic carbocycles. The zero-order chi connectivity index (χ0) is 23.3. The van der Waals surface area contributed by atoms with Gasteiger partial charge in [-0.3, -0.25) is 15.2 Å². The zero-order valence-electron chi connectivity index (χ0n) is 18.3. The van der Waals surface area contributed by atoms with Crippen LogP contribution in [0, 0.1) is 12.7 Å². The molecule has 1 atom stereocenters. The lowest BCUT2D eigenvalue weighted by Crippen LogP contribution is -2.45. The van der Waals surface area contributed by atoms with Crippen LogP contribution in [0.25, 0.3) is 0 Å². The number of carbonyl (C=O) groups is 2. The van der Waals surface area contributed by atoms with Gasteiger partial charge >= 0.3 is 12.1 Å². The molecule has 1 saturated heterocycles. The number of nitrogens with one attached hydrogen (secondary N) is 2. The quantitative estimate of drug-likeness (QED) is 0.495. The van der Waals surface area contributed by atoms with E-state index in [1.807, 2.05) is 11.8 Å². The van der Waals surface area contributed by atoms with Gasteiger partial charge in [0.25, 0.3) is 0 Å². The van der Waals surface area contributed by atoms with E-state index in [0.29, 0.717) is 42.6 Å². The number of aromatic nitrogens is 1. The van der Waals surface area contributed by atoms with Crippen LogP contribution in [0.15, 0.2) is 28.8 Å². The van der Waals surface area contributed by atoms with Gasteiger partial charge in [0.15, 0.2) is 5.82 Å². The fourth-order valence-corrected chi connectivity index (χ4v) is 3.27. The molecule has 0 unspecified atom stereocenters. The van der Waals surface area contributed by atoms with E-state index in [1.54, 1.807) is 32.2 Å².